The number of nitrogens with zero attached hydrogens (tertiary/aromatic N) is 2. The van der Waals surface area contributed by atoms with Crippen molar-refractivity contribution < 1.29 is 9.47 Å². The lowest BCUT2D eigenvalue weighted by Gasteiger charge is -2.12. The second-order valence-electron chi connectivity index (χ2n) is 4.20. The fourth-order valence-corrected chi connectivity index (χ4v) is 1.97. The van der Waals surface area contributed by atoms with Crippen LogP contribution in [-0.4, -0.2) is 30.7 Å². The molecule has 0 amide bonds. The predicted molar refractivity (Wildman–Crippen MR) is 76.0 cm³/mol. The standard InChI is InChI=1S/C14H19N3O2/c1-4-5-8-15-14-10-6-7-11(18-2)13(19-3)12(10)16-9-17-14/h6-7,9H,4-5,8H2,1-3H3,(H,15,16,17). The van der Waals surface area contributed by atoms with Crippen molar-refractivity contribution in [1.29, 1.82) is 0 Å². The number of benzene rings is 1. The molecule has 1 N–H and O–H groups in total. The van der Waals surface area contributed by atoms with Crippen molar-refractivity contribution >= 4 is 16.7 Å². The van der Waals surface area contributed by atoms with E-state index in [9.17, 15) is 0 Å². The van der Waals surface area contributed by atoms with Crippen molar-refractivity contribution in [2.45, 2.75) is 19.8 Å². The van der Waals surface area contributed by atoms with Crippen LogP contribution in [0.15, 0.2) is 18.5 Å². The van der Waals surface area contributed by atoms with Crippen LogP contribution in [0.5, 0.6) is 11.5 Å². The zero-order valence-electron chi connectivity index (χ0n) is 11.6. The SMILES string of the molecule is CCCCNc1ncnc2c(OC)c(OC)ccc12. The van der Waals surface area contributed by atoms with E-state index in [2.05, 4.69) is 22.2 Å². The lowest BCUT2D eigenvalue weighted by molar-refractivity contribution is 0.358. The molecular weight excluding hydrogens is 242 g/mol. The number of hydrogen-bond acceptors (Lipinski definition) is 5. The molecular formula is C14H19N3O2. The molecule has 0 unspecified atom stereocenters. The molecule has 5 nitrogen and oxygen atoms in total. The van der Waals surface area contributed by atoms with Crippen LogP contribution in [0.1, 0.15) is 19.8 Å². The molecule has 0 fully saturated rings. The maximum absolute atomic E-state index is 5.39. The zero-order valence-corrected chi connectivity index (χ0v) is 11.6. The van der Waals surface area contributed by atoms with Gasteiger partial charge in [0.05, 0.1) is 14.2 Å². The molecule has 0 saturated carbocycles. The molecule has 0 aliphatic carbocycles. The molecule has 1 heterocycles. The third-order valence-electron chi connectivity index (χ3n) is 2.97. The zero-order chi connectivity index (χ0) is 13.7. The Bertz CT molecular complexity index is 558. The molecule has 2 aromatic rings. The molecule has 0 atom stereocenters. The Kier molecular flexibility index (Phi) is 4.39. The van der Waals surface area contributed by atoms with Crippen LogP contribution in [0, 0.1) is 0 Å². The highest BCUT2D eigenvalue weighted by atomic mass is 16.5. The summed E-state index contributed by atoms with van der Waals surface area (Å²) in [4.78, 5) is 8.58. The highest BCUT2D eigenvalue weighted by molar-refractivity contribution is 5.94. The molecule has 5 heteroatoms. The van der Waals surface area contributed by atoms with Crippen molar-refractivity contribution in [1.82, 2.24) is 9.97 Å². The van der Waals surface area contributed by atoms with Crippen LogP contribution in [0.3, 0.4) is 0 Å². The Hall–Kier alpha value is -2.04. The van der Waals surface area contributed by atoms with Gasteiger partial charge in [-0.3, -0.25) is 0 Å². The largest absolute Gasteiger partial charge is 0.493 e. The van der Waals surface area contributed by atoms with Crippen LogP contribution in [0.2, 0.25) is 0 Å². The second-order valence-corrected chi connectivity index (χ2v) is 4.20. The quantitative estimate of drug-likeness (QED) is 0.810. The van der Waals surface area contributed by atoms with Crippen molar-refractivity contribution in [3.63, 3.8) is 0 Å². The van der Waals surface area contributed by atoms with E-state index in [1.165, 1.54) is 0 Å². The second kappa shape index (κ2) is 6.22. The van der Waals surface area contributed by atoms with Crippen molar-refractivity contribution in [3.8, 4) is 11.5 Å². The summed E-state index contributed by atoms with van der Waals surface area (Å²) in [5.74, 6) is 2.15. The van der Waals surface area contributed by atoms with Gasteiger partial charge in [0.2, 0.25) is 0 Å². The molecule has 2 rings (SSSR count). The van der Waals surface area contributed by atoms with Gasteiger partial charge in [-0.2, -0.15) is 0 Å². The summed E-state index contributed by atoms with van der Waals surface area (Å²) in [5.41, 5.74) is 0.760. The number of unbranched alkanes of at least 4 members (excludes halogenated alkanes) is 1. The molecule has 19 heavy (non-hydrogen) atoms. The van der Waals surface area contributed by atoms with Crippen molar-refractivity contribution in [2.24, 2.45) is 0 Å². The van der Waals surface area contributed by atoms with Crippen LogP contribution < -0.4 is 14.8 Å². The lowest BCUT2D eigenvalue weighted by Crippen LogP contribution is -2.04. The topological polar surface area (TPSA) is 56.3 Å². The minimum Gasteiger partial charge on any atom is -0.493 e. The van der Waals surface area contributed by atoms with Crippen LogP contribution in [-0.2, 0) is 0 Å². The Morgan fingerprint density at radius 1 is 1.16 bits per heavy atom. The first kappa shape index (κ1) is 13.4. The van der Waals surface area contributed by atoms with E-state index in [-0.39, 0.29) is 0 Å². The number of hydrogen-bond donors (Lipinski definition) is 1. The molecule has 1 aromatic carbocycles. The molecule has 102 valence electrons. The van der Waals surface area contributed by atoms with Gasteiger partial charge in [-0.1, -0.05) is 13.3 Å². The predicted octanol–water partition coefficient (Wildman–Crippen LogP) is 2.86. The van der Waals surface area contributed by atoms with Gasteiger partial charge in [0.25, 0.3) is 0 Å². The Morgan fingerprint density at radius 2 is 2.00 bits per heavy atom. The highest BCUT2D eigenvalue weighted by Gasteiger charge is 2.12. The van der Waals surface area contributed by atoms with Gasteiger partial charge in [-0.25, -0.2) is 9.97 Å². The van der Waals surface area contributed by atoms with Gasteiger partial charge in [0, 0.05) is 11.9 Å². The average Bonchev–Trinajstić information content (AvgIpc) is 2.46. The summed E-state index contributed by atoms with van der Waals surface area (Å²) in [5, 5.41) is 4.27. The number of fused-ring (bicyclic) bond motifs is 1. The van der Waals surface area contributed by atoms with Crippen LogP contribution in [0.25, 0.3) is 10.9 Å². The van der Waals surface area contributed by atoms with E-state index >= 15 is 0 Å². The normalized spacial score (nSPS) is 10.5. The van der Waals surface area contributed by atoms with E-state index in [0.29, 0.717) is 11.5 Å². The van der Waals surface area contributed by atoms with Gasteiger partial charge in [0.1, 0.15) is 17.7 Å². The smallest absolute Gasteiger partial charge is 0.187 e. The number of nitrogens with one attached hydrogen (secondary N) is 1. The third-order valence-corrected chi connectivity index (χ3v) is 2.97. The number of anilines is 1. The van der Waals surface area contributed by atoms with Gasteiger partial charge in [-0.05, 0) is 18.6 Å². The summed E-state index contributed by atoms with van der Waals surface area (Å²) in [7, 11) is 3.23. The van der Waals surface area contributed by atoms with Crippen LogP contribution in [0.4, 0.5) is 5.82 Å². The number of ether oxygens (including phenoxy) is 2. The summed E-state index contributed by atoms with van der Waals surface area (Å²) < 4.78 is 10.7. The minimum atomic E-state index is 0.640. The molecule has 0 bridgehead atoms. The first-order valence-corrected chi connectivity index (χ1v) is 6.41. The third kappa shape index (κ3) is 2.70. The van der Waals surface area contributed by atoms with E-state index < -0.39 is 0 Å². The van der Waals surface area contributed by atoms with E-state index in [0.717, 1.165) is 36.1 Å². The van der Waals surface area contributed by atoms with Crippen LogP contribution >= 0.6 is 0 Å². The molecule has 1 aromatic heterocycles. The summed E-state index contributed by atoms with van der Waals surface area (Å²) in [6, 6.07) is 3.82. The Balaban J connectivity index is 2.45. The van der Waals surface area contributed by atoms with E-state index in [4.69, 9.17) is 9.47 Å². The van der Waals surface area contributed by atoms with Crippen molar-refractivity contribution in [3.05, 3.63) is 18.5 Å². The molecule has 0 spiro atoms. The molecule has 0 saturated heterocycles. The molecule has 0 aliphatic rings. The summed E-state index contributed by atoms with van der Waals surface area (Å²) >= 11 is 0. The maximum Gasteiger partial charge on any atom is 0.187 e. The highest BCUT2D eigenvalue weighted by Crippen LogP contribution is 2.35. The fourth-order valence-electron chi connectivity index (χ4n) is 1.97. The summed E-state index contributed by atoms with van der Waals surface area (Å²) in [6.07, 6.45) is 3.80. The average molecular weight is 261 g/mol. The Labute approximate surface area is 113 Å². The monoisotopic (exact) mass is 261 g/mol. The van der Waals surface area contributed by atoms with Crippen molar-refractivity contribution in [2.75, 3.05) is 26.1 Å². The first-order valence-electron chi connectivity index (χ1n) is 6.41. The Morgan fingerprint density at radius 3 is 2.68 bits per heavy atom. The van der Waals surface area contributed by atoms with E-state index in [1.54, 1.807) is 20.5 Å². The van der Waals surface area contributed by atoms with Gasteiger partial charge in [0.15, 0.2) is 11.5 Å². The van der Waals surface area contributed by atoms with Gasteiger partial charge in [-0.15, -0.1) is 0 Å². The molecule has 0 radical (unpaired) electrons. The minimum absolute atomic E-state index is 0.640. The fraction of sp³-hybridized carbons (Fsp3) is 0.429. The molecule has 0 aliphatic heterocycles. The number of aromatic nitrogens is 2. The number of rotatable bonds is 6. The lowest BCUT2D eigenvalue weighted by atomic mass is 10.2. The maximum atomic E-state index is 5.39. The van der Waals surface area contributed by atoms with E-state index in [1.807, 2.05) is 12.1 Å². The first-order chi connectivity index (χ1) is 9.31. The van der Waals surface area contributed by atoms with Gasteiger partial charge >= 0.3 is 0 Å². The summed E-state index contributed by atoms with van der Waals surface area (Å²) in [6.45, 7) is 3.06. The van der Waals surface area contributed by atoms with Gasteiger partial charge < -0.3 is 14.8 Å². The number of methoxy groups -OCH3 is 2.